The normalized spacial score (nSPS) is 12.0. The van der Waals surface area contributed by atoms with E-state index in [1.165, 1.54) is 22.4 Å². The van der Waals surface area contributed by atoms with Crippen LogP contribution in [0.4, 0.5) is 5.69 Å². The number of rotatable bonds is 13. The van der Waals surface area contributed by atoms with Crippen molar-refractivity contribution in [1.29, 1.82) is 0 Å². The van der Waals surface area contributed by atoms with E-state index in [9.17, 15) is 18.0 Å². The third-order valence-electron chi connectivity index (χ3n) is 5.49. The highest BCUT2D eigenvalue weighted by Crippen LogP contribution is 2.30. The van der Waals surface area contributed by atoms with Crippen molar-refractivity contribution in [3.63, 3.8) is 0 Å². The summed E-state index contributed by atoms with van der Waals surface area (Å²) in [7, 11) is -2.14. The summed E-state index contributed by atoms with van der Waals surface area (Å²) in [6, 6.07) is 13.5. The van der Waals surface area contributed by atoms with E-state index in [-0.39, 0.29) is 42.8 Å². The largest absolute Gasteiger partial charge is 0.495 e. The van der Waals surface area contributed by atoms with Gasteiger partial charge >= 0.3 is 0 Å². The van der Waals surface area contributed by atoms with Crippen molar-refractivity contribution in [3.05, 3.63) is 59.1 Å². The first-order valence-corrected chi connectivity index (χ1v) is 13.7. The van der Waals surface area contributed by atoms with Crippen LogP contribution in [0.3, 0.4) is 0 Å². The molecule has 2 amide bonds. The fourth-order valence-electron chi connectivity index (χ4n) is 3.57. The molecule has 2 aromatic carbocycles. The van der Waals surface area contributed by atoms with Crippen LogP contribution in [0.1, 0.15) is 38.7 Å². The van der Waals surface area contributed by atoms with Gasteiger partial charge in [-0.3, -0.25) is 13.9 Å². The van der Waals surface area contributed by atoms with Gasteiger partial charge in [0.2, 0.25) is 21.8 Å². The van der Waals surface area contributed by atoms with E-state index in [0.717, 1.165) is 18.2 Å². The van der Waals surface area contributed by atoms with E-state index in [1.807, 2.05) is 37.3 Å². The van der Waals surface area contributed by atoms with E-state index < -0.39 is 16.1 Å². The Morgan fingerprint density at radius 3 is 2.40 bits per heavy atom. The molecule has 1 atom stereocenters. The minimum atomic E-state index is -3.62. The SMILES string of the molecule is CCCNC(=O)C(C)N(Cc1ccccc1)C(=O)CCCN(c1ccc(OC)c(Cl)c1)S(C)(=O)=O. The highest BCUT2D eigenvalue weighted by Gasteiger charge is 2.26. The van der Waals surface area contributed by atoms with Crippen molar-refractivity contribution in [1.82, 2.24) is 10.2 Å². The second kappa shape index (κ2) is 13.3. The van der Waals surface area contributed by atoms with Gasteiger partial charge in [0, 0.05) is 26.1 Å². The molecule has 35 heavy (non-hydrogen) atoms. The number of benzene rings is 2. The van der Waals surface area contributed by atoms with Crippen LogP contribution >= 0.6 is 11.6 Å². The quantitative estimate of drug-likeness (QED) is 0.430. The molecule has 10 heteroatoms. The van der Waals surface area contributed by atoms with Gasteiger partial charge in [-0.25, -0.2) is 8.42 Å². The first kappa shape index (κ1) is 28.5. The third-order valence-corrected chi connectivity index (χ3v) is 6.98. The van der Waals surface area contributed by atoms with Crippen LogP contribution in [0, 0.1) is 0 Å². The predicted molar refractivity (Wildman–Crippen MR) is 139 cm³/mol. The summed E-state index contributed by atoms with van der Waals surface area (Å²) in [6.45, 7) is 4.56. The van der Waals surface area contributed by atoms with Gasteiger partial charge in [-0.05, 0) is 43.5 Å². The zero-order chi connectivity index (χ0) is 26.0. The highest BCUT2D eigenvalue weighted by molar-refractivity contribution is 7.92. The molecule has 8 nitrogen and oxygen atoms in total. The maximum absolute atomic E-state index is 13.2. The maximum atomic E-state index is 13.2. The lowest BCUT2D eigenvalue weighted by molar-refractivity contribution is -0.140. The fraction of sp³-hybridized carbons (Fsp3) is 0.440. The Kier molecular flexibility index (Phi) is 10.9. The fourth-order valence-corrected chi connectivity index (χ4v) is 4.78. The van der Waals surface area contributed by atoms with E-state index in [0.29, 0.717) is 18.0 Å². The van der Waals surface area contributed by atoms with Crippen molar-refractivity contribution in [2.24, 2.45) is 0 Å². The standard InChI is InChI=1S/C25H34ClN3O5S/c1-5-15-27-25(31)19(2)28(18-20-10-7-6-8-11-20)24(30)12-9-16-29(35(4,32)33)21-13-14-23(34-3)22(26)17-21/h6-8,10-11,13-14,17,19H,5,9,12,15-16,18H2,1-4H3,(H,27,31). The van der Waals surface area contributed by atoms with Crippen molar-refractivity contribution in [3.8, 4) is 5.75 Å². The van der Waals surface area contributed by atoms with E-state index in [1.54, 1.807) is 19.1 Å². The average molecular weight is 524 g/mol. The van der Waals surface area contributed by atoms with Gasteiger partial charge in [0.15, 0.2) is 0 Å². The molecule has 0 saturated heterocycles. The molecule has 0 heterocycles. The number of anilines is 1. The zero-order valence-electron chi connectivity index (χ0n) is 20.7. The summed E-state index contributed by atoms with van der Waals surface area (Å²) < 4.78 is 31.2. The number of nitrogens with zero attached hydrogens (tertiary/aromatic N) is 2. The van der Waals surface area contributed by atoms with Crippen molar-refractivity contribution < 1.29 is 22.7 Å². The predicted octanol–water partition coefficient (Wildman–Crippen LogP) is 3.84. The second-order valence-electron chi connectivity index (χ2n) is 8.23. The summed E-state index contributed by atoms with van der Waals surface area (Å²) in [5, 5.41) is 3.13. The summed E-state index contributed by atoms with van der Waals surface area (Å²) in [6.07, 6.45) is 2.24. The first-order valence-electron chi connectivity index (χ1n) is 11.5. The van der Waals surface area contributed by atoms with Gasteiger partial charge in [0.05, 0.1) is 24.1 Å². The number of carbonyl (C=O) groups excluding carboxylic acids is 2. The number of halogens is 1. The van der Waals surface area contributed by atoms with Crippen molar-refractivity contribution in [2.45, 2.75) is 45.7 Å². The number of amides is 2. The van der Waals surface area contributed by atoms with Gasteiger partial charge in [-0.1, -0.05) is 48.9 Å². The van der Waals surface area contributed by atoms with Crippen LogP contribution in [0.5, 0.6) is 5.75 Å². The Morgan fingerprint density at radius 2 is 1.83 bits per heavy atom. The molecule has 192 valence electrons. The van der Waals surface area contributed by atoms with Crippen LogP contribution in [0.25, 0.3) is 0 Å². The Hall–Kier alpha value is -2.78. The van der Waals surface area contributed by atoms with E-state index in [2.05, 4.69) is 5.32 Å². The number of carbonyl (C=O) groups is 2. The van der Waals surface area contributed by atoms with E-state index >= 15 is 0 Å². The Labute approximate surface area is 213 Å². The molecule has 0 saturated carbocycles. The maximum Gasteiger partial charge on any atom is 0.242 e. The lowest BCUT2D eigenvalue weighted by Crippen LogP contribution is -2.47. The number of hydrogen-bond donors (Lipinski definition) is 1. The number of hydrogen-bond acceptors (Lipinski definition) is 5. The lowest BCUT2D eigenvalue weighted by Gasteiger charge is -2.29. The number of methoxy groups -OCH3 is 1. The molecular weight excluding hydrogens is 490 g/mol. The lowest BCUT2D eigenvalue weighted by atomic mass is 10.1. The van der Waals surface area contributed by atoms with Crippen LogP contribution < -0.4 is 14.4 Å². The molecule has 0 fully saturated rings. The molecule has 1 unspecified atom stereocenters. The molecule has 0 bridgehead atoms. The molecule has 1 N–H and O–H groups in total. The van der Waals surface area contributed by atoms with Gasteiger partial charge in [-0.15, -0.1) is 0 Å². The Bertz CT molecular complexity index is 1100. The molecule has 0 aliphatic rings. The molecule has 0 aliphatic carbocycles. The minimum Gasteiger partial charge on any atom is -0.495 e. The van der Waals surface area contributed by atoms with Gasteiger partial charge < -0.3 is 15.0 Å². The molecular formula is C25H34ClN3O5S. The Balaban J connectivity index is 2.15. The average Bonchev–Trinajstić information content (AvgIpc) is 2.82. The van der Waals surface area contributed by atoms with Gasteiger partial charge in [0.1, 0.15) is 11.8 Å². The van der Waals surface area contributed by atoms with E-state index in [4.69, 9.17) is 16.3 Å². The van der Waals surface area contributed by atoms with Crippen LogP contribution in [0.2, 0.25) is 5.02 Å². The zero-order valence-corrected chi connectivity index (χ0v) is 22.2. The Morgan fingerprint density at radius 1 is 1.14 bits per heavy atom. The summed E-state index contributed by atoms with van der Waals surface area (Å²) in [4.78, 5) is 27.4. The molecule has 2 aromatic rings. The molecule has 0 spiro atoms. The van der Waals surface area contributed by atoms with Crippen LogP contribution in [-0.2, 0) is 26.2 Å². The molecule has 0 aromatic heterocycles. The van der Waals surface area contributed by atoms with Crippen molar-refractivity contribution >= 4 is 39.1 Å². The topological polar surface area (TPSA) is 96.0 Å². The smallest absolute Gasteiger partial charge is 0.242 e. The summed E-state index contributed by atoms with van der Waals surface area (Å²) in [5.74, 6) is -0.0121. The van der Waals surface area contributed by atoms with Crippen LogP contribution in [0.15, 0.2) is 48.5 Å². The number of ether oxygens (including phenoxy) is 1. The molecule has 2 rings (SSSR count). The number of nitrogens with one attached hydrogen (secondary N) is 1. The van der Waals surface area contributed by atoms with Crippen LogP contribution in [-0.4, -0.2) is 57.6 Å². The summed E-state index contributed by atoms with van der Waals surface area (Å²) in [5.41, 5.74) is 1.29. The minimum absolute atomic E-state index is 0.0775. The number of sulfonamides is 1. The van der Waals surface area contributed by atoms with Gasteiger partial charge in [-0.2, -0.15) is 0 Å². The first-order chi connectivity index (χ1) is 16.6. The van der Waals surface area contributed by atoms with Gasteiger partial charge in [0.25, 0.3) is 0 Å². The summed E-state index contributed by atoms with van der Waals surface area (Å²) >= 11 is 6.18. The molecule has 0 radical (unpaired) electrons. The molecule has 0 aliphatic heterocycles. The van der Waals surface area contributed by atoms with Crippen molar-refractivity contribution in [2.75, 3.05) is 30.8 Å². The second-order valence-corrected chi connectivity index (χ2v) is 10.5. The monoisotopic (exact) mass is 523 g/mol. The highest BCUT2D eigenvalue weighted by atomic mass is 35.5. The third kappa shape index (κ3) is 8.43.